The molecule has 3 fully saturated rings. The van der Waals surface area contributed by atoms with Crippen molar-refractivity contribution >= 4 is 11.0 Å². The van der Waals surface area contributed by atoms with Gasteiger partial charge in [-0.1, -0.05) is 0 Å². The van der Waals surface area contributed by atoms with Gasteiger partial charge in [-0.05, 0) is 30.7 Å². The zero-order chi connectivity index (χ0) is 24.5. The van der Waals surface area contributed by atoms with Gasteiger partial charge in [-0.3, -0.25) is 4.90 Å². The second-order valence-corrected chi connectivity index (χ2v) is 9.39. The summed E-state index contributed by atoms with van der Waals surface area (Å²) in [5, 5.41) is 9.91. The summed E-state index contributed by atoms with van der Waals surface area (Å²) in [6.45, 7) is 5.70. The number of halogens is 1. The molecule has 0 radical (unpaired) electrons. The number of aliphatic hydroxyl groups excluding tert-OH is 1. The van der Waals surface area contributed by atoms with Gasteiger partial charge >= 0.3 is 0 Å². The molecule has 2 N–H and O–H groups in total. The normalized spacial score (nSPS) is 26.4. The van der Waals surface area contributed by atoms with Crippen LogP contribution in [0, 0.1) is 5.82 Å². The molecule has 3 aromatic rings. The highest BCUT2D eigenvalue weighted by molar-refractivity contribution is 5.81. The van der Waals surface area contributed by atoms with Crippen molar-refractivity contribution < 1.29 is 33.2 Å². The third-order valence-corrected chi connectivity index (χ3v) is 6.91. The number of fused-ring (bicyclic) bond motifs is 2. The number of nitrogens with zero attached hydrogens (tertiary/aromatic N) is 2. The van der Waals surface area contributed by atoms with Crippen molar-refractivity contribution in [3.8, 4) is 22.9 Å². The van der Waals surface area contributed by atoms with E-state index in [4.69, 9.17) is 23.7 Å². The molecule has 0 aliphatic carbocycles. The van der Waals surface area contributed by atoms with Gasteiger partial charge in [-0.2, -0.15) is 0 Å². The molecule has 0 spiro atoms. The third-order valence-electron chi connectivity index (χ3n) is 6.91. The van der Waals surface area contributed by atoms with Gasteiger partial charge in [0.05, 0.1) is 44.1 Å². The molecule has 9 nitrogen and oxygen atoms in total. The summed E-state index contributed by atoms with van der Waals surface area (Å²) in [5.41, 5.74) is 2.06. The van der Waals surface area contributed by atoms with Gasteiger partial charge in [0.1, 0.15) is 29.8 Å². The molecule has 1 aromatic carbocycles. The number of nitrogens with one attached hydrogen (secondary N) is 1. The molecule has 3 aliphatic rings. The lowest BCUT2D eigenvalue weighted by Crippen LogP contribution is -2.37. The van der Waals surface area contributed by atoms with E-state index in [-0.39, 0.29) is 30.6 Å². The molecule has 2 aromatic heterocycles. The lowest BCUT2D eigenvalue weighted by Gasteiger charge is -2.26. The maximum atomic E-state index is 14.9. The number of hydrogen-bond acceptors (Lipinski definition) is 8. The molecule has 10 heteroatoms. The summed E-state index contributed by atoms with van der Waals surface area (Å²) in [6, 6.07) is 10.5. The number of morpholine rings is 1. The Bertz CT molecular complexity index is 1180. The maximum absolute atomic E-state index is 14.9. The number of aliphatic hydroxyl groups is 1. The van der Waals surface area contributed by atoms with Gasteiger partial charge in [0.25, 0.3) is 0 Å². The highest BCUT2D eigenvalue weighted by atomic mass is 19.1. The Morgan fingerprint density at radius 1 is 1.08 bits per heavy atom. The van der Waals surface area contributed by atoms with E-state index in [1.165, 1.54) is 6.07 Å². The van der Waals surface area contributed by atoms with Crippen molar-refractivity contribution in [2.45, 2.75) is 30.8 Å². The zero-order valence-electron chi connectivity index (χ0n) is 19.9. The fourth-order valence-corrected chi connectivity index (χ4v) is 4.99. The topological polar surface area (TPSA) is 98.3 Å². The number of rotatable bonds is 8. The van der Waals surface area contributed by atoms with Gasteiger partial charge in [0.2, 0.25) is 0 Å². The lowest BCUT2D eigenvalue weighted by molar-refractivity contribution is 0.00794. The second-order valence-electron chi connectivity index (χ2n) is 9.39. The van der Waals surface area contributed by atoms with Crippen LogP contribution in [0.1, 0.15) is 6.42 Å². The first-order valence-electron chi connectivity index (χ1n) is 12.4. The number of H-pyrrole nitrogens is 1. The van der Waals surface area contributed by atoms with E-state index in [1.54, 1.807) is 6.07 Å². The Hall–Kier alpha value is -2.76. The fraction of sp³-hybridized carbons (Fsp3) is 0.500. The predicted molar refractivity (Wildman–Crippen MR) is 129 cm³/mol. The molecule has 192 valence electrons. The van der Waals surface area contributed by atoms with E-state index < -0.39 is 11.9 Å². The molecule has 5 heterocycles. The van der Waals surface area contributed by atoms with Crippen molar-refractivity contribution in [2.24, 2.45) is 0 Å². The van der Waals surface area contributed by atoms with Crippen LogP contribution in [0.15, 0.2) is 36.4 Å². The Balaban J connectivity index is 1.08. The Morgan fingerprint density at radius 2 is 1.89 bits per heavy atom. The van der Waals surface area contributed by atoms with Crippen LogP contribution in [-0.4, -0.2) is 97.1 Å². The van der Waals surface area contributed by atoms with E-state index in [2.05, 4.69) is 14.9 Å². The van der Waals surface area contributed by atoms with E-state index in [0.717, 1.165) is 45.0 Å². The van der Waals surface area contributed by atoms with Crippen LogP contribution in [0.5, 0.6) is 11.6 Å². The van der Waals surface area contributed by atoms with Crippen molar-refractivity contribution in [1.82, 2.24) is 14.9 Å². The van der Waals surface area contributed by atoms with Crippen LogP contribution < -0.4 is 9.47 Å². The molecule has 0 bridgehead atoms. The van der Waals surface area contributed by atoms with E-state index in [1.807, 2.05) is 24.3 Å². The number of aromatic nitrogens is 2. The lowest BCUT2D eigenvalue weighted by atomic mass is 10.1. The average molecular weight is 500 g/mol. The molecular weight excluding hydrogens is 469 g/mol. The van der Waals surface area contributed by atoms with Crippen molar-refractivity contribution in [3.05, 3.63) is 42.2 Å². The summed E-state index contributed by atoms with van der Waals surface area (Å²) >= 11 is 0. The molecule has 36 heavy (non-hydrogen) atoms. The van der Waals surface area contributed by atoms with E-state index in [0.29, 0.717) is 35.7 Å². The Labute approximate surface area is 208 Å². The molecule has 0 unspecified atom stereocenters. The molecular formula is C26H30FN3O6. The molecule has 3 saturated heterocycles. The smallest absolute Gasteiger partial charge is 0.193 e. The minimum atomic E-state index is -0.642. The molecule has 4 atom stereocenters. The summed E-state index contributed by atoms with van der Waals surface area (Å²) in [5.74, 6) is 0.770. The first-order valence-corrected chi connectivity index (χ1v) is 12.4. The van der Waals surface area contributed by atoms with E-state index >= 15 is 0 Å². The van der Waals surface area contributed by atoms with Crippen molar-refractivity contribution in [3.63, 3.8) is 0 Å². The Kier molecular flexibility index (Phi) is 6.77. The highest BCUT2D eigenvalue weighted by Gasteiger charge is 2.48. The average Bonchev–Trinajstić information content (AvgIpc) is 3.59. The number of benzene rings is 1. The molecule has 0 amide bonds. The minimum Gasteiger partial charge on any atom is -0.494 e. The second kappa shape index (κ2) is 10.3. The fourth-order valence-electron chi connectivity index (χ4n) is 4.99. The predicted octanol–water partition coefficient (Wildman–Crippen LogP) is 2.38. The van der Waals surface area contributed by atoms with Gasteiger partial charge in [-0.25, -0.2) is 9.37 Å². The molecule has 6 rings (SSSR count). The van der Waals surface area contributed by atoms with Crippen LogP contribution in [0.4, 0.5) is 4.39 Å². The van der Waals surface area contributed by atoms with Gasteiger partial charge in [-0.15, -0.1) is 0 Å². The third kappa shape index (κ3) is 4.91. The van der Waals surface area contributed by atoms with Crippen LogP contribution in [0.3, 0.4) is 0 Å². The maximum Gasteiger partial charge on any atom is 0.193 e. The van der Waals surface area contributed by atoms with Gasteiger partial charge in [0.15, 0.2) is 17.8 Å². The first kappa shape index (κ1) is 23.6. The van der Waals surface area contributed by atoms with Crippen LogP contribution in [0.25, 0.3) is 22.3 Å². The van der Waals surface area contributed by atoms with E-state index in [9.17, 15) is 9.50 Å². The van der Waals surface area contributed by atoms with Crippen LogP contribution in [-0.2, 0) is 14.2 Å². The van der Waals surface area contributed by atoms with Crippen molar-refractivity contribution in [1.29, 1.82) is 0 Å². The molecule has 3 aliphatic heterocycles. The van der Waals surface area contributed by atoms with Crippen LogP contribution in [0.2, 0.25) is 0 Å². The largest absolute Gasteiger partial charge is 0.494 e. The van der Waals surface area contributed by atoms with Crippen LogP contribution >= 0.6 is 0 Å². The summed E-state index contributed by atoms with van der Waals surface area (Å²) < 4.78 is 43.4. The van der Waals surface area contributed by atoms with Gasteiger partial charge < -0.3 is 33.8 Å². The minimum absolute atomic E-state index is 0.232. The summed E-state index contributed by atoms with van der Waals surface area (Å²) in [4.78, 5) is 9.97. The first-order chi connectivity index (χ1) is 17.6. The number of pyridine rings is 1. The molecule has 0 saturated carbocycles. The number of hydrogen-bond donors (Lipinski definition) is 2. The number of aromatic amines is 1. The number of ether oxygens (including phenoxy) is 5. The summed E-state index contributed by atoms with van der Waals surface area (Å²) in [6.07, 6.45) is -0.763. The Morgan fingerprint density at radius 3 is 2.72 bits per heavy atom. The standard InChI is InChI=1S/C26H30FN3O6/c27-18-12-19-20(13-23(28-19)36-22-15-35-25-21(31)14-34-26(22)25)29-24(18)16-2-4-17(5-3-16)33-9-1-6-30-7-10-32-11-8-30/h2-5,12-13,21-22,25-26,28,31H,1,6-11,14-15H2/t21-,22-,25-,26-/m1/s1. The quantitative estimate of drug-likeness (QED) is 0.456. The highest BCUT2D eigenvalue weighted by Crippen LogP contribution is 2.32. The van der Waals surface area contributed by atoms with Gasteiger partial charge in [0, 0.05) is 37.3 Å². The zero-order valence-corrected chi connectivity index (χ0v) is 19.9. The summed E-state index contributed by atoms with van der Waals surface area (Å²) in [7, 11) is 0. The SMILES string of the molecule is O[C@@H]1CO[C@H]2[C@@H]1OC[C@H]2Oc1cc2nc(-c3ccc(OCCCN4CCOCC4)cc3)c(F)cc2[nH]1. The van der Waals surface area contributed by atoms with Crippen molar-refractivity contribution in [2.75, 3.05) is 52.7 Å². The monoisotopic (exact) mass is 499 g/mol.